The maximum atomic E-state index is 10.1. The quantitative estimate of drug-likeness (QED) is 0.0268. The van der Waals surface area contributed by atoms with Crippen LogP contribution in [0.1, 0.15) is 59.3 Å². The smallest absolute Gasteiger partial charge is 0.129 e. The summed E-state index contributed by atoms with van der Waals surface area (Å²) >= 11 is 0. The van der Waals surface area contributed by atoms with E-state index in [2.05, 4.69) is 94.1 Å². The summed E-state index contributed by atoms with van der Waals surface area (Å²) in [5, 5.41) is 46.6. The highest BCUT2D eigenvalue weighted by Crippen LogP contribution is 2.35. The van der Waals surface area contributed by atoms with E-state index in [1.807, 2.05) is 84.9 Å². The first-order valence-corrected chi connectivity index (χ1v) is 24.9. The number of ether oxygens (including phenoxy) is 3. The molecule has 9 aromatic rings. The SMILES string of the molecule is CCCCNCC(O)COc1cccc2[nH]c3ccccc3c12.CCCNCC(O)CCOc1cccc2[nH]c3ccccc3c12.CCCNCCC(O)COc1cccc2[nH]c3ccccc3c12. The topological polar surface area (TPSA) is 172 Å². The molecular formula is C57H72N6O6. The number of hydrogen-bond donors (Lipinski definition) is 9. The predicted octanol–water partition coefficient (Wildman–Crippen LogP) is 10.4. The maximum Gasteiger partial charge on any atom is 0.129 e. The molecule has 69 heavy (non-hydrogen) atoms. The molecule has 9 rings (SSSR count). The van der Waals surface area contributed by atoms with Gasteiger partial charge in [0.05, 0.1) is 35.4 Å². The fourth-order valence-corrected chi connectivity index (χ4v) is 8.47. The van der Waals surface area contributed by atoms with E-state index in [-0.39, 0.29) is 12.7 Å². The summed E-state index contributed by atoms with van der Waals surface area (Å²) in [4.78, 5) is 10.2. The molecule has 0 saturated carbocycles. The predicted molar refractivity (Wildman–Crippen MR) is 285 cm³/mol. The highest BCUT2D eigenvalue weighted by atomic mass is 16.5. The summed E-state index contributed by atoms with van der Waals surface area (Å²) in [5.74, 6) is 2.50. The van der Waals surface area contributed by atoms with Crippen LogP contribution in [0, 0.1) is 0 Å². The van der Waals surface area contributed by atoms with Crippen molar-refractivity contribution in [2.24, 2.45) is 0 Å². The van der Waals surface area contributed by atoms with E-state index in [1.54, 1.807) is 0 Å². The molecule has 12 heteroatoms. The molecular weight excluding hydrogens is 865 g/mol. The number of aromatic amines is 3. The van der Waals surface area contributed by atoms with Crippen molar-refractivity contribution >= 4 is 65.4 Å². The molecule has 3 aromatic heterocycles. The van der Waals surface area contributed by atoms with E-state index < -0.39 is 12.2 Å². The van der Waals surface area contributed by atoms with E-state index in [9.17, 15) is 15.3 Å². The fraction of sp³-hybridized carbons (Fsp3) is 0.368. The normalized spacial score (nSPS) is 12.8. The molecule has 0 aliphatic heterocycles. The van der Waals surface area contributed by atoms with Crippen LogP contribution in [0.2, 0.25) is 0 Å². The molecule has 6 aromatic carbocycles. The first-order valence-electron chi connectivity index (χ1n) is 24.9. The van der Waals surface area contributed by atoms with Crippen molar-refractivity contribution in [1.29, 1.82) is 0 Å². The molecule has 3 atom stereocenters. The van der Waals surface area contributed by atoms with E-state index in [0.717, 1.165) is 129 Å². The standard InChI is InChI=1S/3C19H24N2O2/c1-2-11-20-13-14(22)10-12-23-18-9-5-8-17-19(18)15-6-3-4-7-16(15)21-17;1-2-11-20-12-10-14(22)13-23-18-9-5-8-17-19(18)15-6-3-4-7-16(15)21-17;1-2-3-11-20-12-14(22)13-23-18-10-6-9-17-19(18)15-7-4-5-8-16(15)21-17/h2*3-9,14,20-22H,2,10-13H2,1H3;4-10,14,20-22H,2-3,11-13H2,1H3. The molecule has 0 fully saturated rings. The lowest BCUT2D eigenvalue weighted by atomic mass is 10.1. The van der Waals surface area contributed by atoms with Gasteiger partial charge in [-0.1, -0.05) is 100.0 Å². The second-order valence-corrected chi connectivity index (χ2v) is 17.6. The molecule has 12 nitrogen and oxygen atoms in total. The van der Waals surface area contributed by atoms with Crippen LogP contribution >= 0.6 is 0 Å². The van der Waals surface area contributed by atoms with Crippen LogP contribution in [0.4, 0.5) is 0 Å². The van der Waals surface area contributed by atoms with Gasteiger partial charge in [0, 0.05) is 68.4 Å². The van der Waals surface area contributed by atoms with E-state index in [0.29, 0.717) is 39.1 Å². The lowest BCUT2D eigenvalue weighted by Gasteiger charge is -2.14. The molecule has 0 aliphatic rings. The van der Waals surface area contributed by atoms with Gasteiger partial charge in [-0.2, -0.15) is 0 Å². The Balaban J connectivity index is 0.000000153. The summed E-state index contributed by atoms with van der Waals surface area (Å²) in [7, 11) is 0. The summed E-state index contributed by atoms with van der Waals surface area (Å²) in [6, 6.07) is 42.6. The minimum Gasteiger partial charge on any atom is -0.493 e. The van der Waals surface area contributed by atoms with Crippen molar-refractivity contribution in [3.8, 4) is 17.2 Å². The summed E-state index contributed by atoms with van der Waals surface area (Å²) in [6.07, 6.45) is 4.45. The van der Waals surface area contributed by atoms with Crippen LogP contribution < -0.4 is 30.2 Å². The van der Waals surface area contributed by atoms with Crippen molar-refractivity contribution in [2.45, 2.75) is 77.6 Å². The average molecular weight is 937 g/mol. The van der Waals surface area contributed by atoms with Crippen LogP contribution in [-0.2, 0) is 0 Å². The number of aromatic nitrogens is 3. The number of hydrogen-bond acceptors (Lipinski definition) is 9. The molecule has 3 heterocycles. The highest BCUT2D eigenvalue weighted by Gasteiger charge is 2.14. The third-order valence-corrected chi connectivity index (χ3v) is 12.0. The van der Waals surface area contributed by atoms with E-state index in [1.165, 1.54) is 5.39 Å². The first kappa shape index (κ1) is 50.7. The van der Waals surface area contributed by atoms with Gasteiger partial charge >= 0.3 is 0 Å². The molecule has 0 saturated heterocycles. The number of unbranched alkanes of at least 4 members (excludes halogenated alkanes) is 1. The number of benzene rings is 6. The number of nitrogens with one attached hydrogen (secondary N) is 6. The minimum atomic E-state index is -0.507. The Bertz CT molecular complexity index is 2790. The Labute approximate surface area is 405 Å². The van der Waals surface area contributed by atoms with Crippen molar-refractivity contribution in [3.05, 3.63) is 127 Å². The summed E-state index contributed by atoms with van der Waals surface area (Å²) < 4.78 is 17.8. The Morgan fingerprint density at radius 2 is 0.826 bits per heavy atom. The second kappa shape index (κ2) is 26.6. The van der Waals surface area contributed by atoms with Crippen molar-refractivity contribution in [3.63, 3.8) is 0 Å². The van der Waals surface area contributed by atoms with Gasteiger partial charge in [0.25, 0.3) is 0 Å². The third-order valence-electron chi connectivity index (χ3n) is 12.0. The summed E-state index contributed by atoms with van der Waals surface area (Å²) in [5.41, 5.74) is 6.50. The number of H-pyrrole nitrogens is 3. The molecule has 0 radical (unpaired) electrons. The van der Waals surface area contributed by atoms with Crippen LogP contribution in [-0.4, -0.2) is 108 Å². The van der Waals surface area contributed by atoms with E-state index >= 15 is 0 Å². The highest BCUT2D eigenvalue weighted by molar-refractivity contribution is 6.12. The van der Waals surface area contributed by atoms with Crippen molar-refractivity contribution in [2.75, 3.05) is 59.1 Å². The van der Waals surface area contributed by atoms with Gasteiger partial charge in [0.15, 0.2) is 0 Å². The number of para-hydroxylation sites is 3. The zero-order chi connectivity index (χ0) is 48.2. The van der Waals surface area contributed by atoms with Crippen LogP contribution in [0.25, 0.3) is 65.4 Å². The van der Waals surface area contributed by atoms with Crippen molar-refractivity contribution < 1.29 is 29.5 Å². The van der Waals surface area contributed by atoms with E-state index in [4.69, 9.17) is 14.2 Å². The first-order chi connectivity index (χ1) is 33.9. The Morgan fingerprint density at radius 1 is 0.406 bits per heavy atom. The zero-order valence-corrected chi connectivity index (χ0v) is 40.5. The number of aliphatic hydroxyl groups excluding tert-OH is 3. The minimum absolute atomic E-state index is 0.289. The molecule has 366 valence electrons. The largest absolute Gasteiger partial charge is 0.493 e. The van der Waals surface area contributed by atoms with Crippen molar-refractivity contribution in [1.82, 2.24) is 30.9 Å². The van der Waals surface area contributed by atoms with Crippen LogP contribution in [0.3, 0.4) is 0 Å². The zero-order valence-electron chi connectivity index (χ0n) is 40.5. The molecule has 0 aliphatic carbocycles. The maximum absolute atomic E-state index is 10.1. The van der Waals surface area contributed by atoms with Gasteiger partial charge in [-0.05, 0) is 106 Å². The Morgan fingerprint density at radius 3 is 1.32 bits per heavy atom. The molecule has 3 unspecified atom stereocenters. The third kappa shape index (κ3) is 14.0. The number of fused-ring (bicyclic) bond motifs is 9. The lowest BCUT2D eigenvalue weighted by Crippen LogP contribution is -2.31. The van der Waals surface area contributed by atoms with Gasteiger partial charge in [0.2, 0.25) is 0 Å². The molecule has 0 amide bonds. The number of rotatable bonds is 24. The van der Waals surface area contributed by atoms with Gasteiger partial charge in [-0.3, -0.25) is 0 Å². The van der Waals surface area contributed by atoms with Crippen LogP contribution in [0.5, 0.6) is 17.2 Å². The number of aliphatic hydroxyl groups is 3. The molecule has 9 N–H and O–H groups in total. The van der Waals surface area contributed by atoms with Gasteiger partial charge in [-0.25, -0.2) is 0 Å². The van der Waals surface area contributed by atoms with Gasteiger partial charge in [0.1, 0.15) is 36.6 Å². The monoisotopic (exact) mass is 937 g/mol. The fourth-order valence-electron chi connectivity index (χ4n) is 8.47. The average Bonchev–Trinajstić information content (AvgIpc) is 4.08. The molecule has 0 spiro atoms. The Hall–Kier alpha value is -6.12. The Kier molecular flexibility index (Phi) is 19.6. The van der Waals surface area contributed by atoms with Gasteiger partial charge in [-0.15, -0.1) is 0 Å². The van der Waals surface area contributed by atoms with Gasteiger partial charge < -0.3 is 60.4 Å². The summed E-state index contributed by atoms with van der Waals surface area (Å²) in [6.45, 7) is 12.4. The second-order valence-electron chi connectivity index (χ2n) is 17.6. The molecule has 0 bridgehead atoms. The lowest BCUT2D eigenvalue weighted by molar-refractivity contribution is 0.101. The van der Waals surface area contributed by atoms with Crippen LogP contribution in [0.15, 0.2) is 127 Å².